The maximum Gasteiger partial charge on any atom is 0.326 e. The van der Waals surface area contributed by atoms with Crippen molar-refractivity contribution in [1.82, 2.24) is 24.8 Å². The van der Waals surface area contributed by atoms with Gasteiger partial charge in [-0.15, -0.1) is 0 Å². The van der Waals surface area contributed by atoms with E-state index >= 15 is 0 Å². The van der Waals surface area contributed by atoms with Crippen molar-refractivity contribution in [2.45, 2.75) is 25.4 Å². The van der Waals surface area contributed by atoms with E-state index in [1.807, 2.05) is 23.1 Å². The summed E-state index contributed by atoms with van der Waals surface area (Å²) in [4.78, 5) is 35.1. The Labute approximate surface area is 195 Å². The van der Waals surface area contributed by atoms with Gasteiger partial charge in [0.05, 0.1) is 11.2 Å². The highest BCUT2D eigenvalue weighted by Gasteiger charge is 2.26. The Kier molecular flexibility index (Phi) is 5.71. The largest absolute Gasteiger partial charge is 0.365 e. The Morgan fingerprint density at radius 2 is 1.97 bits per heavy atom. The number of piperazine rings is 1. The molecule has 0 bridgehead atoms. The van der Waals surface area contributed by atoms with Crippen LogP contribution in [0, 0.1) is 10.6 Å². The molecule has 0 unspecified atom stereocenters. The van der Waals surface area contributed by atoms with Gasteiger partial charge < -0.3 is 15.2 Å². The van der Waals surface area contributed by atoms with Crippen LogP contribution in [-0.4, -0.2) is 57.6 Å². The monoisotopic (exact) mass is 468 g/mol. The number of H-pyrrole nitrogens is 1. The van der Waals surface area contributed by atoms with Gasteiger partial charge in [-0.25, -0.2) is 9.78 Å². The maximum atomic E-state index is 14.6. The van der Waals surface area contributed by atoms with Crippen LogP contribution in [0.2, 0.25) is 0 Å². The van der Waals surface area contributed by atoms with E-state index < -0.39 is 5.95 Å². The molecule has 2 aromatic heterocycles. The van der Waals surface area contributed by atoms with E-state index in [0.717, 1.165) is 48.9 Å². The number of hydrogen-bond donors (Lipinski definition) is 2. The van der Waals surface area contributed by atoms with Gasteiger partial charge in [0.25, 0.3) is 5.91 Å². The first kappa shape index (κ1) is 21.7. The van der Waals surface area contributed by atoms with Gasteiger partial charge >= 0.3 is 5.69 Å². The van der Waals surface area contributed by atoms with Crippen LogP contribution in [0.25, 0.3) is 10.9 Å². The predicted molar refractivity (Wildman–Crippen MR) is 127 cm³/mol. The van der Waals surface area contributed by atoms with Gasteiger partial charge in [0.2, 0.25) is 5.95 Å². The molecule has 33 heavy (non-hydrogen) atoms. The molecule has 172 valence electrons. The van der Waals surface area contributed by atoms with Crippen LogP contribution in [0.5, 0.6) is 0 Å². The van der Waals surface area contributed by atoms with Gasteiger partial charge in [-0.1, -0.05) is 18.3 Å². The second-order valence-corrected chi connectivity index (χ2v) is 9.08. The summed E-state index contributed by atoms with van der Waals surface area (Å²) in [6.07, 6.45) is 1.95. The van der Waals surface area contributed by atoms with Crippen molar-refractivity contribution in [2.24, 2.45) is 7.05 Å². The molecule has 1 aromatic carbocycles. The summed E-state index contributed by atoms with van der Waals surface area (Å²) < 4.78 is 16.6. The quantitative estimate of drug-likeness (QED) is 0.442. The Balaban J connectivity index is 1.23. The Morgan fingerprint density at radius 1 is 1.21 bits per heavy atom. The summed E-state index contributed by atoms with van der Waals surface area (Å²) in [5.74, 6) is -0.931. The molecule has 1 aliphatic carbocycles. The maximum absolute atomic E-state index is 14.6. The molecule has 0 atom stereocenters. The number of hydrogen-bond acceptors (Lipinski definition) is 6. The van der Waals surface area contributed by atoms with Gasteiger partial charge in [0.1, 0.15) is 10.3 Å². The highest BCUT2D eigenvalue weighted by molar-refractivity contribution is 7.71. The number of aromatic nitrogens is 3. The molecule has 5 rings (SSSR count). The van der Waals surface area contributed by atoms with Crippen molar-refractivity contribution in [2.75, 3.05) is 31.1 Å². The fourth-order valence-corrected chi connectivity index (χ4v) is 4.39. The van der Waals surface area contributed by atoms with E-state index in [9.17, 15) is 14.0 Å². The molecule has 8 nitrogen and oxygen atoms in total. The first-order valence-electron chi connectivity index (χ1n) is 11.1. The summed E-state index contributed by atoms with van der Waals surface area (Å²) in [6, 6.07) is 9.38. The van der Waals surface area contributed by atoms with Gasteiger partial charge in [-0.05, 0) is 42.7 Å². The number of halogens is 1. The van der Waals surface area contributed by atoms with Crippen molar-refractivity contribution in [3.8, 4) is 0 Å². The molecule has 3 heterocycles. The minimum absolute atomic E-state index is 0.118. The van der Waals surface area contributed by atoms with Crippen molar-refractivity contribution in [1.29, 1.82) is 0 Å². The van der Waals surface area contributed by atoms with E-state index in [1.165, 1.54) is 4.57 Å². The van der Waals surface area contributed by atoms with E-state index in [-0.39, 0.29) is 23.3 Å². The summed E-state index contributed by atoms with van der Waals surface area (Å²) in [5, 5.41) is 3.68. The zero-order valence-electron chi connectivity index (χ0n) is 18.3. The third kappa shape index (κ3) is 4.53. The van der Waals surface area contributed by atoms with Crippen molar-refractivity contribution < 1.29 is 9.18 Å². The van der Waals surface area contributed by atoms with E-state index in [2.05, 4.69) is 20.2 Å². The van der Waals surface area contributed by atoms with Crippen LogP contribution < -0.4 is 15.9 Å². The summed E-state index contributed by atoms with van der Waals surface area (Å²) in [7, 11) is 1.66. The number of carbonyl (C=O) groups is 1. The van der Waals surface area contributed by atoms with Gasteiger partial charge in [-0.2, -0.15) is 4.39 Å². The summed E-state index contributed by atoms with van der Waals surface area (Å²) >= 11 is 5.37. The lowest BCUT2D eigenvalue weighted by Gasteiger charge is -2.36. The number of fused-ring (bicyclic) bond motifs is 1. The van der Waals surface area contributed by atoms with Crippen LogP contribution >= 0.6 is 12.2 Å². The average molecular weight is 469 g/mol. The number of rotatable bonds is 5. The third-order valence-electron chi connectivity index (χ3n) is 6.26. The Hall–Kier alpha value is -3.11. The standard InChI is InChI=1S/C23H25FN6O2S/c1-28-22(33)16-5-2-14(12-18(16)27-23(28)32)13-29-8-10-30(11-9-29)19-7-6-17(26-20(19)24)21(31)25-15-3-4-15/h2,5-7,12,15H,3-4,8-11,13H2,1H3,(H,25,31)(H,27,32). The number of amides is 1. The molecule has 2 N–H and O–H groups in total. The van der Waals surface area contributed by atoms with Gasteiger partial charge in [0.15, 0.2) is 0 Å². The van der Waals surface area contributed by atoms with Crippen LogP contribution in [-0.2, 0) is 13.6 Å². The van der Waals surface area contributed by atoms with Crippen molar-refractivity contribution >= 4 is 34.7 Å². The normalized spacial score (nSPS) is 16.8. The van der Waals surface area contributed by atoms with Crippen LogP contribution in [0.3, 0.4) is 0 Å². The molecule has 0 radical (unpaired) electrons. The fraction of sp³-hybridized carbons (Fsp3) is 0.391. The molecule has 1 amide bonds. The molecule has 10 heteroatoms. The zero-order valence-corrected chi connectivity index (χ0v) is 19.1. The summed E-state index contributed by atoms with van der Waals surface area (Å²) in [6.45, 7) is 3.55. The van der Waals surface area contributed by atoms with Crippen molar-refractivity contribution in [3.05, 3.63) is 62.7 Å². The number of pyridine rings is 1. The smallest absolute Gasteiger partial charge is 0.326 e. The highest BCUT2D eigenvalue weighted by Crippen LogP contribution is 2.23. The molecule has 0 spiro atoms. The molecule has 1 saturated heterocycles. The first-order chi connectivity index (χ1) is 15.9. The summed E-state index contributed by atoms with van der Waals surface area (Å²) in [5.41, 5.74) is 2.12. The third-order valence-corrected chi connectivity index (χ3v) is 6.75. The van der Waals surface area contributed by atoms with E-state index in [0.29, 0.717) is 23.4 Å². The fourth-order valence-electron chi connectivity index (χ4n) is 4.13. The molecule has 1 aliphatic heterocycles. The molecular formula is C23H25FN6O2S. The minimum atomic E-state index is -0.613. The lowest BCUT2D eigenvalue weighted by atomic mass is 10.1. The van der Waals surface area contributed by atoms with E-state index in [1.54, 1.807) is 19.2 Å². The van der Waals surface area contributed by atoms with Crippen LogP contribution in [0.15, 0.2) is 35.1 Å². The number of nitrogens with zero attached hydrogens (tertiary/aromatic N) is 4. The lowest BCUT2D eigenvalue weighted by molar-refractivity contribution is 0.0945. The molecule has 3 aromatic rings. The second-order valence-electron chi connectivity index (χ2n) is 8.69. The van der Waals surface area contributed by atoms with Gasteiger partial charge in [0, 0.05) is 51.2 Å². The highest BCUT2D eigenvalue weighted by atomic mass is 32.1. The SMILES string of the molecule is Cn1c(=O)[nH]c2cc(CN3CCN(c4ccc(C(=O)NC5CC5)nc4F)CC3)ccc2c1=S. The predicted octanol–water partition coefficient (Wildman–Crippen LogP) is 2.34. The molecule has 2 aliphatic rings. The topological polar surface area (TPSA) is 86.3 Å². The van der Waals surface area contributed by atoms with E-state index in [4.69, 9.17) is 12.2 Å². The number of nitrogens with one attached hydrogen (secondary N) is 2. The van der Waals surface area contributed by atoms with Crippen LogP contribution in [0.1, 0.15) is 28.9 Å². The lowest BCUT2D eigenvalue weighted by Crippen LogP contribution is -2.46. The average Bonchev–Trinajstić information content (AvgIpc) is 3.62. The number of carbonyl (C=O) groups excluding carboxylic acids is 1. The molecule has 2 fully saturated rings. The Bertz CT molecular complexity index is 1340. The molecular weight excluding hydrogens is 443 g/mol. The number of benzene rings is 1. The first-order valence-corrected chi connectivity index (χ1v) is 11.5. The van der Waals surface area contributed by atoms with Gasteiger partial charge in [-0.3, -0.25) is 14.3 Å². The second kappa shape index (κ2) is 8.68. The number of aromatic amines is 1. The molecule has 1 saturated carbocycles. The van der Waals surface area contributed by atoms with Crippen LogP contribution in [0.4, 0.5) is 10.1 Å². The Morgan fingerprint density at radius 3 is 2.67 bits per heavy atom. The minimum Gasteiger partial charge on any atom is -0.365 e. The van der Waals surface area contributed by atoms with Crippen molar-refractivity contribution in [3.63, 3.8) is 0 Å². The number of anilines is 1. The zero-order chi connectivity index (χ0) is 23.1.